The van der Waals surface area contributed by atoms with Gasteiger partial charge in [-0.3, -0.25) is 0 Å². The van der Waals surface area contributed by atoms with Crippen molar-refractivity contribution < 1.29 is 9.90 Å². The highest BCUT2D eigenvalue weighted by Gasteiger charge is 2.26. The molecule has 1 atom stereocenters. The number of carbonyl (C=O) groups is 1. The van der Waals surface area contributed by atoms with Gasteiger partial charge in [0.2, 0.25) is 0 Å². The molecule has 1 aromatic heterocycles. The molecule has 9 heteroatoms. The lowest BCUT2D eigenvalue weighted by Gasteiger charge is -2.41. The van der Waals surface area contributed by atoms with Gasteiger partial charge in [-0.05, 0) is 49.5 Å². The Bertz CT molecular complexity index is 944. The summed E-state index contributed by atoms with van der Waals surface area (Å²) in [4.78, 5) is 19.6. The number of aromatic carboxylic acids is 1. The maximum absolute atomic E-state index is 11.1. The number of nitriles is 1. The minimum absolute atomic E-state index is 0.0510. The largest absolute Gasteiger partial charge is 0.478 e. The van der Waals surface area contributed by atoms with E-state index in [0.29, 0.717) is 22.9 Å². The van der Waals surface area contributed by atoms with Crippen molar-refractivity contribution in [1.29, 1.82) is 5.26 Å². The number of halogens is 1. The van der Waals surface area contributed by atoms with Crippen LogP contribution in [0.15, 0.2) is 36.5 Å². The average molecular weight is 416 g/mol. The van der Waals surface area contributed by atoms with Crippen molar-refractivity contribution in [3.8, 4) is 6.07 Å². The lowest BCUT2D eigenvalue weighted by atomic mass is 10.2. The summed E-state index contributed by atoms with van der Waals surface area (Å²) in [5.74, 6) is -0.235. The predicted octanol–water partition coefficient (Wildman–Crippen LogP) is 3.21. The average Bonchev–Trinajstić information content (AvgIpc) is 2.67. The van der Waals surface area contributed by atoms with E-state index in [4.69, 9.17) is 34.2 Å². The molecule has 144 valence electrons. The maximum atomic E-state index is 11.1. The number of hydrogen-bond acceptors (Lipinski definition) is 5. The topological polar surface area (TPSA) is 92.5 Å². The molecule has 0 spiro atoms. The van der Waals surface area contributed by atoms with Crippen LogP contribution in [-0.4, -0.2) is 51.7 Å². The molecule has 2 heterocycles. The van der Waals surface area contributed by atoms with E-state index in [1.807, 2.05) is 6.07 Å². The van der Waals surface area contributed by atoms with Crippen LogP contribution in [-0.2, 0) is 0 Å². The molecule has 0 saturated carbocycles. The van der Waals surface area contributed by atoms with E-state index in [1.165, 1.54) is 6.07 Å². The second-order valence-corrected chi connectivity index (χ2v) is 7.23. The second-order valence-electron chi connectivity index (χ2n) is 6.44. The van der Waals surface area contributed by atoms with Gasteiger partial charge in [-0.25, -0.2) is 9.78 Å². The van der Waals surface area contributed by atoms with E-state index in [9.17, 15) is 4.79 Å². The molecule has 28 heavy (non-hydrogen) atoms. The molecular weight excluding hydrogens is 398 g/mol. The fourth-order valence-electron chi connectivity index (χ4n) is 3.07. The highest BCUT2D eigenvalue weighted by Crippen LogP contribution is 2.23. The summed E-state index contributed by atoms with van der Waals surface area (Å²) in [6, 6.07) is 10.5. The second kappa shape index (κ2) is 8.42. The fraction of sp³-hybridized carbons (Fsp3) is 0.263. The van der Waals surface area contributed by atoms with Crippen LogP contribution in [0.5, 0.6) is 0 Å². The Morgan fingerprint density at radius 2 is 2.18 bits per heavy atom. The zero-order valence-corrected chi connectivity index (χ0v) is 16.7. The van der Waals surface area contributed by atoms with Crippen molar-refractivity contribution in [3.63, 3.8) is 0 Å². The fourth-order valence-corrected chi connectivity index (χ4v) is 3.72. The number of aromatic nitrogens is 1. The molecular formula is C19H18ClN5O2S. The molecule has 0 bridgehead atoms. The first-order chi connectivity index (χ1) is 13.4. The molecule has 1 aromatic carbocycles. The first-order valence-electron chi connectivity index (χ1n) is 8.60. The summed E-state index contributed by atoms with van der Waals surface area (Å²) < 4.78 is 0. The number of pyridine rings is 1. The lowest BCUT2D eigenvalue weighted by Crippen LogP contribution is -2.55. The third-order valence-electron chi connectivity index (χ3n) is 4.54. The van der Waals surface area contributed by atoms with Gasteiger partial charge in [-0.2, -0.15) is 5.26 Å². The third-order valence-corrected chi connectivity index (χ3v) is 5.19. The summed E-state index contributed by atoms with van der Waals surface area (Å²) >= 11 is 11.6. The Labute approximate surface area is 173 Å². The van der Waals surface area contributed by atoms with Gasteiger partial charge in [0.25, 0.3) is 0 Å². The highest BCUT2D eigenvalue weighted by atomic mass is 35.5. The van der Waals surface area contributed by atoms with Crippen LogP contribution in [0.25, 0.3) is 0 Å². The van der Waals surface area contributed by atoms with Gasteiger partial charge < -0.3 is 20.2 Å². The van der Waals surface area contributed by atoms with Crippen LogP contribution in [0.4, 0.5) is 11.5 Å². The van der Waals surface area contributed by atoms with E-state index in [1.54, 1.807) is 24.4 Å². The van der Waals surface area contributed by atoms with Gasteiger partial charge in [0.05, 0.1) is 16.1 Å². The SMILES string of the molecule is C[C@@H]1CN(c2ccc(C#N)cn2)CCN1C(=S)Nc1ccc(C(=O)O)c(Cl)c1. The number of piperazine rings is 1. The first kappa shape index (κ1) is 19.9. The zero-order chi connectivity index (χ0) is 20.3. The summed E-state index contributed by atoms with van der Waals surface area (Å²) in [6.45, 7) is 4.25. The monoisotopic (exact) mass is 415 g/mol. The molecule has 0 amide bonds. The Morgan fingerprint density at radius 1 is 1.39 bits per heavy atom. The van der Waals surface area contributed by atoms with Crippen LogP contribution in [0, 0.1) is 11.3 Å². The summed E-state index contributed by atoms with van der Waals surface area (Å²) in [5.41, 5.74) is 1.23. The molecule has 3 rings (SSSR count). The Hall–Kier alpha value is -2.89. The van der Waals surface area contributed by atoms with Gasteiger partial charge in [-0.1, -0.05) is 11.6 Å². The summed E-state index contributed by atoms with van der Waals surface area (Å²) in [6.07, 6.45) is 1.57. The number of benzene rings is 1. The van der Waals surface area contributed by atoms with Crippen LogP contribution in [0.2, 0.25) is 5.02 Å². The zero-order valence-electron chi connectivity index (χ0n) is 15.1. The number of carboxylic acids is 1. The minimum atomic E-state index is -1.07. The Balaban J connectivity index is 1.63. The first-order valence-corrected chi connectivity index (χ1v) is 9.39. The van der Waals surface area contributed by atoms with E-state index in [-0.39, 0.29) is 16.6 Å². The van der Waals surface area contributed by atoms with Crippen molar-refractivity contribution in [1.82, 2.24) is 9.88 Å². The predicted molar refractivity (Wildman–Crippen MR) is 112 cm³/mol. The third kappa shape index (κ3) is 4.32. The standard InChI is InChI=1S/C19H18ClN5O2S/c1-12-11-24(17-5-2-13(9-21)10-22-17)6-7-25(12)19(28)23-14-3-4-15(18(26)27)16(20)8-14/h2-5,8,10,12H,6-7,11H2,1H3,(H,23,28)(H,26,27)/t12-/m1/s1. The quantitative estimate of drug-likeness (QED) is 0.738. The van der Waals surface area contributed by atoms with Crippen molar-refractivity contribution in [2.45, 2.75) is 13.0 Å². The molecule has 1 aliphatic rings. The van der Waals surface area contributed by atoms with Crippen LogP contribution in [0.3, 0.4) is 0 Å². The maximum Gasteiger partial charge on any atom is 0.337 e. The van der Waals surface area contributed by atoms with E-state index < -0.39 is 5.97 Å². The summed E-state index contributed by atoms with van der Waals surface area (Å²) in [7, 11) is 0. The Morgan fingerprint density at radius 3 is 2.75 bits per heavy atom. The number of thiocarbonyl (C=S) groups is 1. The van der Waals surface area contributed by atoms with Crippen molar-refractivity contribution in [2.24, 2.45) is 0 Å². The molecule has 0 unspecified atom stereocenters. The molecule has 2 aromatic rings. The van der Waals surface area contributed by atoms with Crippen LogP contribution < -0.4 is 10.2 Å². The number of nitrogens with zero attached hydrogens (tertiary/aromatic N) is 4. The molecule has 7 nitrogen and oxygen atoms in total. The number of carboxylic acid groups (broad SMARTS) is 1. The van der Waals surface area contributed by atoms with Crippen LogP contribution in [0.1, 0.15) is 22.8 Å². The highest BCUT2D eigenvalue weighted by molar-refractivity contribution is 7.80. The van der Waals surface area contributed by atoms with Crippen molar-refractivity contribution in [2.75, 3.05) is 29.9 Å². The molecule has 1 fully saturated rings. The molecule has 0 radical (unpaired) electrons. The summed E-state index contributed by atoms with van der Waals surface area (Å²) in [5, 5.41) is 21.8. The smallest absolute Gasteiger partial charge is 0.337 e. The van der Waals surface area contributed by atoms with E-state index >= 15 is 0 Å². The molecule has 1 aliphatic heterocycles. The van der Waals surface area contributed by atoms with E-state index in [2.05, 4.69) is 33.1 Å². The lowest BCUT2D eigenvalue weighted by molar-refractivity contribution is 0.0697. The van der Waals surface area contributed by atoms with E-state index in [0.717, 1.165) is 18.9 Å². The number of hydrogen-bond donors (Lipinski definition) is 2. The van der Waals surface area contributed by atoms with Crippen molar-refractivity contribution in [3.05, 3.63) is 52.7 Å². The molecule has 2 N–H and O–H groups in total. The van der Waals surface area contributed by atoms with Gasteiger partial charge in [0.15, 0.2) is 5.11 Å². The number of rotatable bonds is 3. The van der Waals surface area contributed by atoms with Gasteiger partial charge in [0.1, 0.15) is 11.9 Å². The van der Waals surface area contributed by atoms with Gasteiger partial charge in [-0.15, -0.1) is 0 Å². The number of nitrogens with one attached hydrogen (secondary N) is 1. The normalized spacial score (nSPS) is 16.4. The van der Waals surface area contributed by atoms with Gasteiger partial charge >= 0.3 is 5.97 Å². The van der Waals surface area contributed by atoms with Gasteiger partial charge in [0, 0.05) is 37.6 Å². The van der Waals surface area contributed by atoms with Crippen molar-refractivity contribution >= 4 is 46.4 Å². The van der Waals surface area contributed by atoms with Crippen LogP contribution >= 0.6 is 23.8 Å². The molecule has 0 aliphatic carbocycles. The Kier molecular flexibility index (Phi) is 5.97. The minimum Gasteiger partial charge on any atom is -0.478 e. The number of anilines is 2. The molecule has 1 saturated heterocycles.